The third-order valence-corrected chi connectivity index (χ3v) is 9.74. The monoisotopic (exact) mass is 1000 g/mol. The fourth-order valence-electron chi connectivity index (χ4n) is 5.94. The van der Waals surface area contributed by atoms with Crippen LogP contribution in [0.1, 0.15) is 80.0 Å². The molecule has 0 aliphatic rings. The average Bonchev–Trinajstić information content (AvgIpc) is 3.36. The highest BCUT2D eigenvalue weighted by molar-refractivity contribution is 5.95. The molecule has 74 heavy (non-hydrogen) atoms. The first-order chi connectivity index (χ1) is 35.1. The van der Waals surface area contributed by atoms with Crippen LogP contribution in [-0.2, 0) is 51.1 Å². The maximum atomic E-state index is 14.0. The van der Waals surface area contributed by atoms with E-state index in [4.69, 9.17) is 33.2 Å². The maximum absolute atomic E-state index is 14.0. The fraction of sp³-hybridized carbons (Fsp3) is 0.169. The van der Waals surface area contributed by atoms with Crippen molar-refractivity contribution in [1.29, 1.82) is 0 Å². The third kappa shape index (κ3) is 16.8. The molecule has 14 nitrogen and oxygen atoms in total. The Hall–Kier alpha value is -9.60. The largest absolute Gasteiger partial charge is 0.462 e. The molecule has 0 atom stereocenters. The summed E-state index contributed by atoms with van der Waals surface area (Å²) in [5.41, 5.74) is 2.55. The molecule has 0 aliphatic heterocycles. The smallest absolute Gasteiger partial charge is 0.339 e. The van der Waals surface area contributed by atoms with Gasteiger partial charge < -0.3 is 33.2 Å². The first-order valence-electron chi connectivity index (χ1n) is 22.4. The summed E-state index contributed by atoms with van der Waals surface area (Å²) in [4.78, 5) is 88.2. The quantitative estimate of drug-likeness (QED) is 0.0353. The van der Waals surface area contributed by atoms with Crippen LogP contribution in [0, 0.1) is 23.7 Å². The average molecular weight is 1000 g/mol. The lowest BCUT2D eigenvalue weighted by Crippen LogP contribution is -2.13. The van der Waals surface area contributed by atoms with Gasteiger partial charge in [-0.3, -0.25) is 4.39 Å². The van der Waals surface area contributed by atoms with Crippen molar-refractivity contribution in [2.75, 3.05) is 13.3 Å². The molecule has 0 spiro atoms. The summed E-state index contributed by atoms with van der Waals surface area (Å²) in [7, 11) is 0. The molecule has 4 aromatic rings. The van der Waals surface area contributed by atoms with Gasteiger partial charge in [0.15, 0.2) is 23.0 Å². The van der Waals surface area contributed by atoms with Crippen LogP contribution in [-0.4, -0.2) is 55.1 Å². The van der Waals surface area contributed by atoms with E-state index in [1.165, 1.54) is 89.2 Å². The molecule has 0 bridgehead atoms. The molecule has 0 radical (unpaired) electrons. The number of ether oxygens (including phenoxy) is 7. The predicted molar refractivity (Wildman–Crippen MR) is 274 cm³/mol. The van der Waals surface area contributed by atoms with Gasteiger partial charge in [0.25, 0.3) is 0 Å². The van der Waals surface area contributed by atoms with Crippen molar-refractivity contribution in [3.8, 4) is 58.2 Å². The van der Waals surface area contributed by atoms with Crippen LogP contribution in [0.15, 0.2) is 146 Å². The van der Waals surface area contributed by atoms with Crippen LogP contribution in [0.3, 0.4) is 0 Å². The maximum Gasteiger partial charge on any atom is 0.339 e. The lowest BCUT2D eigenvalue weighted by molar-refractivity contribution is -0.139. The van der Waals surface area contributed by atoms with E-state index in [2.05, 4.69) is 63.2 Å². The summed E-state index contributed by atoms with van der Waals surface area (Å²) in [6.45, 7) is 27.7. The fourth-order valence-corrected chi connectivity index (χ4v) is 5.94. The molecule has 0 heterocycles. The molecule has 0 saturated carbocycles. The van der Waals surface area contributed by atoms with Crippen molar-refractivity contribution < 1.29 is 71.1 Å². The van der Waals surface area contributed by atoms with Gasteiger partial charge in [0.05, 0.1) is 24.4 Å². The van der Waals surface area contributed by atoms with Crippen molar-refractivity contribution in [2.45, 2.75) is 53.9 Å². The summed E-state index contributed by atoms with van der Waals surface area (Å²) >= 11 is 0. The standard InChI is InChI=1S/C59H51FO14/c1-12-52(61)71-49-27-19-41(32-51(49)73-58(66)38(9)10)31-39(11)59(67)70-46-25-22-42(50(34-46)72-57(65)37(7)8)20-21-43-33-44(28-30-68-55(63)35(3)4)48(54(74-53(62)13-2)47(43)15-14-29-60)26-18-40-16-23-45(24-17-40)69-56(64)36(5)6/h12-13,16-17,19,22-25,27,31-34H,1-3,5,7,9,14-15,28-30H2,4,6,8,10-11H3/b39-31+. The van der Waals surface area contributed by atoms with Gasteiger partial charge in [-0.15, -0.1) is 0 Å². The normalized spacial score (nSPS) is 10.3. The van der Waals surface area contributed by atoms with Crippen molar-refractivity contribution >= 4 is 47.9 Å². The number of hydrogen-bond acceptors (Lipinski definition) is 14. The Balaban J connectivity index is 1.85. The van der Waals surface area contributed by atoms with E-state index in [1.54, 1.807) is 18.2 Å². The minimum absolute atomic E-state index is 0.00418. The Kier molecular flexibility index (Phi) is 20.9. The Morgan fingerprint density at radius 2 is 1.11 bits per heavy atom. The first-order valence-corrected chi connectivity index (χ1v) is 22.4. The van der Waals surface area contributed by atoms with Crippen LogP contribution >= 0.6 is 0 Å². The summed E-state index contributed by atoms with van der Waals surface area (Å²) < 4.78 is 52.4. The van der Waals surface area contributed by atoms with Crippen LogP contribution in [0.2, 0.25) is 0 Å². The van der Waals surface area contributed by atoms with Gasteiger partial charge >= 0.3 is 41.8 Å². The molecule has 4 rings (SSSR count). The SMILES string of the molecule is C=CC(=O)Oc1ccc(/C=C(\C)C(=O)Oc2ccc(C#Cc3cc(CCOC(=O)C(=C)C)c(C#Cc4ccc(OC(=O)C(=C)C)cc4)c(OC(=O)C=C)c3CCCF)c(OC(=O)C(=C)C)c2)cc1OC(=O)C(=C)C. The van der Waals surface area contributed by atoms with Crippen LogP contribution in [0.25, 0.3) is 6.08 Å². The summed E-state index contributed by atoms with van der Waals surface area (Å²) in [5, 5.41) is 0. The van der Waals surface area contributed by atoms with E-state index in [0.717, 1.165) is 12.2 Å². The Morgan fingerprint density at radius 1 is 0.541 bits per heavy atom. The highest BCUT2D eigenvalue weighted by Gasteiger charge is 2.22. The lowest BCUT2D eigenvalue weighted by atomic mass is 9.92. The highest BCUT2D eigenvalue weighted by Crippen LogP contribution is 2.34. The number of alkyl halides is 1. The molecule has 0 unspecified atom stereocenters. The number of carbonyl (C=O) groups is 7. The molecule has 0 N–H and O–H groups in total. The second kappa shape index (κ2) is 27.1. The van der Waals surface area contributed by atoms with Crippen LogP contribution in [0.4, 0.5) is 4.39 Å². The first kappa shape index (κ1) is 57.0. The van der Waals surface area contributed by atoms with Gasteiger partial charge in [0.2, 0.25) is 0 Å². The van der Waals surface area contributed by atoms with Crippen molar-refractivity contribution in [3.63, 3.8) is 0 Å². The minimum atomic E-state index is -0.870. The molecule has 0 aliphatic carbocycles. The molecule has 0 amide bonds. The van der Waals surface area contributed by atoms with Gasteiger partial charge in [-0.25, -0.2) is 33.6 Å². The summed E-state index contributed by atoms with van der Waals surface area (Å²) in [6.07, 6.45) is 3.26. The molecular formula is C59H51FO14. The number of rotatable bonds is 20. The van der Waals surface area contributed by atoms with Gasteiger partial charge in [-0.05, 0) is 119 Å². The number of hydrogen-bond donors (Lipinski definition) is 0. The van der Waals surface area contributed by atoms with E-state index in [-0.39, 0.29) is 110 Å². The topological polar surface area (TPSA) is 184 Å². The van der Waals surface area contributed by atoms with Gasteiger partial charge in [0.1, 0.15) is 11.5 Å². The van der Waals surface area contributed by atoms with Gasteiger partial charge in [0, 0.05) is 69.2 Å². The number of carbonyl (C=O) groups excluding carboxylic acids is 7. The van der Waals surface area contributed by atoms with Crippen LogP contribution in [0.5, 0.6) is 34.5 Å². The van der Waals surface area contributed by atoms with E-state index in [1.807, 2.05) is 0 Å². The zero-order valence-electron chi connectivity index (χ0n) is 41.5. The molecule has 0 fully saturated rings. The van der Waals surface area contributed by atoms with E-state index >= 15 is 0 Å². The van der Waals surface area contributed by atoms with Crippen molar-refractivity contribution in [3.05, 3.63) is 185 Å². The minimum Gasteiger partial charge on any atom is -0.462 e. The van der Waals surface area contributed by atoms with Crippen molar-refractivity contribution in [2.24, 2.45) is 0 Å². The molecule has 4 aromatic carbocycles. The molecule has 0 saturated heterocycles. The van der Waals surface area contributed by atoms with Crippen LogP contribution < -0.4 is 28.4 Å². The third-order valence-electron chi connectivity index (χ3n) is 9.74. The molecule has 15 heteroatoms. The zero-order chi connectivity index (χ0) is 54.6. The van der Waals surface area contributed by atoms with E-state index in [9.17, 15) is 38.0 Å². The second-order valence-corrected chi connectivity index (χ2v) is 16.1. The Morgan fingerprint density at radius 3 is 1.72 bits per heavy atom. The van der Waals surface area contributed by atoms with Gasteiger partial charge in [-0.1, -0.05) is 69.2 Å². The zero-order valence-corrected chi connectivity index (χ0v) is 41.5. The molecule has 378 valence electrons. The van der Waals surface area contributed by atoms with Crippen molar-refractivity contribution in [1.82, 2.24) is 0 Å². The number of benzene rings is 4. The van der Waals surface area contributed by atoms with E-state index < -0.39 is 48.5 Å². The number of esters is 7. The highest BCUT2D eigenvalue weighted by atomic mass is 19.1. The summed E-state index contributed by atoms with van der Waals surface area (Å²) in [6, 6.07) is 16.2. The lowest BCUT2D eigenvalue weighted by Gasteiger charge is -2.17. The predicted octanol–water partition coefficient (Wildman–Crippen LogP) is 9.69. The Bertz CT molecular complexity index is 3160. The second-order valence-electron chi connectivity index (χ2n) is 16.1. The molecule has 0 aromatic heterocycles. The van der Waals surface area contributed by atoms with E-state index in [0.29, 0.717) is 16.7 Å². The Labute approximate surface area is 428 Å². The molecular weight excluding hydrogens is 952 g/mol. The van der Waals surface area contributed by atoms with Gasteiger partial charge in [-0.2, -0.15) is 0 Å². The number of halogens is 1. The summed E-state index contributed by atoms with van der Waals surface area (Å²) in [5.74, 6) is 6.41.